The fourth-order valence-electron chi connectivity index (χ4n) is 1.49. The fourth-order valence-corrected chi connectivity index (χ4v) is 1.49. The zero-order valence-electron chi connectivity index (χ0n) is 11.2. The first kappa shape index (κ1) is 13.6. The van der Waals surface area contributed by atoms with Crippen LogP contribution in [0.2, 0.25) is 0 Å². The zero-order chi connectivity index (χ0) is 13.1. The third kappa shape index (κ3) is 4.47. The van der Waals surface area contributed by atoms with Crippen LogP contribution in [0.5, 0.6) is 0 Å². The number of benzene rings is 1. The molecule has 0 bridgehead atoms. The normalized spacial score (nSPS) is 11.3. The first-order valence-electron chi connectivity index (χ1n) is 5.92. The summed E-state index contributed by atoms with van der Waals surface area (Å²) in [4.78, 5) is 13.7. The number of amides is 1. The van der Waals surface area contributed by atoms with Crippen molar-refractivity contribution in [1.29, 1.82) is 0 Å². The van der Waals surface area contributed by atoms with Gasteiger partial charge in [-0.2, -0.15) is 0 Å². The Morgan fingerprint density at radius 3 is 2.24 bits per heavy atom. The monoisotopic (exact) mass is 234 g/mol. The summed E-state index contributed by atoms with van der Waals surface area (Å²) in [7, 11) is 1.80. The number of rotatable bonds is 3. The molecule has 0 unspecified atom stereocenters. The van der Waals surface area contributed by atoms with Crippen LogP contribution in [0.3, 0.4) is 0 Å². The highest BCUT2D eigenvalue weighted by Crippen LogP contribution is 2.22. The van der Waals surface area contributed by atoms with E-state index in [-0.39, 0.29) is 11.3 Å². The van der Waals surface area contributed by atoms with Crippen molar-refractivity contribution in [2.24, 2.45) is 5.41 Å². The van der Waals surface area contributed by atoms with Crippen LogP contribution < -0.4 is 10.6 Å². The molecule has 0 aliphatic heterocycles. The van der Waals surface area contributed by atoms with Crippen LogP contribution >= 0.6 is 0 Å². The van der Waals surface area contributed by atoms with Crippen LogP contribution in [0.25, 0.3) is 0 Å². The standard InChI is InChI=1S/C14H22N2O/c1-14(2,3)10-9-13(17)16(4)12-7-5-11(15)6-8-12/h5-8H,9-10,15H2,1-4H3. The third-order valence-corrected chi connectivity index (χ3v) is 2.74. The van der Waals surface area contributed by atoms with E-state index in [0.29, 0.717) is 12.1 Å². The van der Waals surface area contributed by atoms with E-state index in [0.717, 1.165) is 12.1 Å². The molecule has 0 aromatic heterocycles. The Morgan fingerprint density at radius 1 is 1.24 bits per heavy atom. The lowest BCUT2D eigenvalue weighted by Crippen LogP contribution is -2.27. The molecule has 2 N–H and O–H groups in total. The van der Waals surface area contributed by atoms with Crippen molar-refractivity contribution >= 4 is 17.3 Å². The lowest BCUT2D eigenvalue weighted by molar-refractivity contribution is -0.118. The van der Waals surface area contributed by atoms with Crippen molar-refractivity contribution in [3.05, 3.63) is 24.3 Å². The van der Waals surface area contributed by atoms with Crippen molar-refractivity contribution in [3.63, 3.8) is 0 Å². The lowest BCUT2D eigenvalue weighted by atomic mass is 9.90. The van der Waals surface area contributed by atoms with E-state index in [1.807, 2.05) is 24.3 Å². The number of nitrogens with zero attached hydrogens (tertiary/aromatic N) is 1. The first-order chi connectivity index (χ1) is 7.79. The molecule has 0 saturated heterocycles. The van der Waals surface area contributed by atoms with Gasteiger partial charge in [-0.15, -0.1) is 0 Å². The van der Waals surface area contributed by atoms with E-state index in [2.05, 4.69) is 20.8 Å². The smallest absolute Gasteiger partial charge is 0.226 e. The van der Waals surface area contributed by atoms with Gasteiger partial charge in [0.15, 0.2) is 0 Å². The summed E-state index contributed by atoms with van der Waals surface area (Å²) in [6, 6.07) is 7.35. The van der Waals surface area contributed by atoms with Crippen molar-refractivity contribution in [3.8, 4) is 0 Å². The van der Waals surface area contributed by atoms with Gasteiger partial charge in [-0.05, 0) is 36.1 Å². The number of nitrogens with two attached hydrogens (primary N) is 1. The summed E-state index contributed by atoms with van der Waals surface area (Å²) in [5.41, 5.74) is 7.41. The third-order valence-electron chi connectivity index (χ3n) is 2.74. The molecule has 0 fully saturated rings. The number of carbonyl (C=O) groups is 1. The molecule has 1 aromatic carbocycles. The van der Waals surface area contributed by atoms with E-state index in [1.54, 1.807) is 11.9 Å². The molecule has 0 radical (unpaired) electrons. The molecule has 0 aliphatic rings. The largest absolute Gasteiger partial charge is 0.399 e. The molecule has 1 amide bonds. The average molecular weight is 234 g/mol. The summed E-state index contributed by atoms with van der Waals surface area (Å²) < 4.78 is 0. The number of carbonyl (C=O) groups excluding carboxylic acids is 1. The van der Waals surface area contributed by atoms with E-state index < -0.39 is 0 Å². The van der Waals surface area contributed by atoms with Crippen molar-refractivity contribution < 1.29 is 4.79 Å². The van der Waals surface area contributed by atoms with E-state index in [4.69, 9.17) is 5.73 Å². The minimum absolute atomic E-state index is 0.143. The Morgan fingerprint density at radius 2 is 1.76 bits per heavy atom. The number of anilines is 2. The van der Waals surface area contributed by atoms with Crippen LogP contribution in [0, 0.1) is 5.41 Å². The maximum absolute atomic E-state index is 12.0. The molecule has 0 spiro atoms. The Bertz CT molecular complexity index is 376. The Hall–Kier alpha value is -1.51. The summed E-state index contributed by atoms with van der Waals surface area (Å²) in [6.07, 6.45) is 1.47. The van der Waals surface area contributed by atoms with Gasteiger partial charge in [0.25, 0.3) is 0 Å². The van der Waals surface area contributed by atoms with E-state index >= 15 is 0 Å². The molecule has 0 heterocycles. The summed E-state index contributed by atoms with van der Waals surface area (Å²) in [5, 5.41) is 0. The molecule has 1 aromatic rings. The molecular weight excluding hydrogens is 212 g/mol. The lowest BCUT2D eigenvalue weighted by Gasteiger charge is -2.21. The zero-order valence-corrected chi connectivity index (χ0v) is 11.2. The van der Waals surface area contributed by atoms with Crippen LogP contribution in [0.4, 0.5) is 11.4 Å². The Labute approximate surface area is 104 Å². The van der Waals surface area contributed by atoms with Gasteiger partial charge in [0.1, 0.15) is 0 Å². The second kappa shape index (κ2) is 5.21. The highest BCUT2D eigenvalue weighted by atomic mass is 16.2. The predicted molar refractivity (Wildman–Crippen MR) is 73.0 cm³/mol. The van der Waals surface area contributed by atoms with Crippen LogP contribution in [-0.4, -0.2) is 13.0 Å². The highest BCUT2D eigenvalue weighted by molar-refractivity contribution is 5.92. The Balaban J connectivity index is 2.61. The summed E-state index contributed by atoms with van der Waals surface area (Å²) in [6.45, 7) is 6.43. The fraction of sp³-hybridized carbons (Fsp3) is 0.500. The van der Waals surface area contributed by atoms with Crippen LogP contribution in [0.1, 0.15) is 33.6 Å². The Kier molecular flexibility index (Phi) is 4.16. The molecular formula is C14H22N2O. The van der Waals surface area contributed by atoms with Gasteiger partial charge in [-0.1, -0.05) is 20.8 Å². The van der Waals surface area contributed by atoms with Crippen molar-refractivity contribution in [2.45, 2.75) is 33.6 Å². The minimum atomic E-state index is 0.143. The molecule has 0 atom stereocenters. The van der Waals surface area contributed by atoms with Gasteiger partial charge in [-0.25, -0.2) is 0 Å². The van der Waals surface area contributed by atoms with Crippen LogP contribution in [0.15, 0.2) is 24.3 Å². The van der Waals surface area contributed by atoms with Gasteiger partial charge >= 0.3 is 0 Å². The molecule has 1 rings (SSSR count). The maximum Gasteiger partial charge on any atom is 0.226 e. The van der Waals surface area contributed by atoms with E-state index in [9.17, 15) is 4.79 Å². The SMILES string of the molecule is CN(C(=O)CCC(C)(C)C)c1ccc(N)cc1. The van der Waals surface area contributed by atoms with Crippen LogP contribution in [-0.2, 0) is 4.79 Å². The first-order valence-corrected chi connectivity index (χ1v) is 5.92. The topological polar surface area (TPSA) is 46.3 Å². The molecule has 3 nitrogen and oxygen atoms in total. The minimum Gasteiger partial charge on any atom is -0.399 e. The van der Waals surface area contributed by atoms with Gasteiger partial charge in [0.2, 0.25) is 5.91 Å². The van der Waals surface area contributed by atoms with Crippen molar-refractivity contribution in [2.75, 3.05) is 17.7 Å². The molecule has 94 valence electrons. The van der Waals surface area contributed by atoms with Gasteiger partial charge in [0.05, 0.1) is 0 Å². The average Bonchev–Trinajstić information content (AvgIpc) is 2.25. The second-order valence-electron chi connectivity index (χ2n) is 5.60. The number of hydrogen-bond acceptors (Lipinski definition) is 2. The summed E-state index contributed by atoms with van der Waals surface area (Å²) in [5.74, 6) is 0.143. The quantitative estimate of drug-likeness (QED) is 0.817. The van der Waals surface area contributed by atoms with Gasteiger partial charge in [0, 0.05) is 24.8 Å². The second-order valence-corrected chi connectivity index (χ2v) is 5.60. The summed E-state index contributed by atoms with van der Waals surface area (Å²) >= 11 is 0. The molecule has 17 heavy (non-hydrogen) atoms. The van der Waals surface area contributed by atoms with E-state index in [1.165, 1.54) is 0 Å². The molecule has 0 aliphatic carbocycles. The highest BCUT2D eigenvalue weighted by Gasteiger charge is 2.16. The van der Waals surface area contributed by atoms with Gasteiger partial charge in [-0.3, -0.25) is 4.79 Å². The molecule has 3 heteroatoms. The van der Waals surface area contributed by atoms with Crippen molar-refractivity contribution in [1.82, 2.24) is 0 Å². The van der Waals surface area contributed by atoms with Gasteiger partial charge < -0.3 is 10.6 Å². The molecule has 0 saturated carbocycles. The number of nitrogen functional groups attached to an aromatic ring is 1. The maximum atomic E-state index is 12.0. The number of hydrogen-bond donors (Lipinski definition) is 1. The predicted octanol–water partition coefficient (Wildman–Crippen LogP) is 3.06.